The number of hydrogen-bond acceptors (Lipinski definition) is 1. The van der Waals surface area contributed by atoms with Crippen molar-refractivity contribution in [2.45, 2.75) is 39.5 Å². The van der Waals surface area contributed by atoms with Gasteiger partial charge in [0.05, 0.1) is 0 Å². The summed E-state index contributed by atoms with van der Waals surface area (Å²) in [7, 11) is 0. The van der Waals surface area contributed by atoms with Crippen LogP contribution in [0.15, 0.2) is 36.5 Å². The molecule has 0 aliphatic rings. The van der Waals surface area contributed by atoms with Gasteiger partial charge in [-0.1, -0.05) is 43.1 Å². The molecule has 0 rings (SSSR count). The quantitative estimate of drug-likeness (QED) is 0.509. The zero-order chi connectivity index (χ0) is 13.5. The highest BCUT2D eigenvalue weighted by atomic mass is 16.1. The molecule has 0 atom stereocenters. The Kier molecular flexibility index (Phi) is 11.6. The van der Waals surface area contributed by atoms with Crippen molar-refractivity contribution in [1.82, 2.24) is 0 Å². The van der Waals surface area contributed by atoms with Crippen LogP contribution in [0.4, 0.5) is 0 Å². The maximum absolute atomic E-state index is 11.2. The Balaban J connectivity index is 3.76. The third-order valence-corrected chi connectivity index (χ3v) is 2.00. The first kappa shape index (κ1) is 16.0. The van der Waals surface area contributed by atoms with Crippen molar-refractivity contribution in [3.8, 4) is 23.7 Å². The SMILES string of the molecule is C/C=C/C#CC#C/C=C/C=C/CCC(=O)CCC. The second kappa shape index (κ2) is 13.1. The molecule has 0 aromatic rings. The fourth-order valence-corrected chi connectivity index (χ4v) is 1.17. The molecular formula is C17H20O. The molecule has 0 radical (unpaired) electrons. The van der Waals surface area contributed by atoms with Crippen LogP contribution in [-0.4, -0.2) is 5.78 Å². The largest absolute Gasteiger partial charge is 0.300 e. The van der Waals surface area contributed by atoms with Crippen molar-refractivity contribution < 1.29 is 4.79 Å². The van der Waals surface area contributed by atoms with Gasteiger partial charge in [-0.2, -0.15) is 0 Å². The van der Waals surface area contributed by atoms with E-state index in [1.54, 1.807) is 12.2 Å². The number of rotatable bonds is 6. The lowest BCUT2D eigenvalue weighted by molar-refractivity contribution is -0.119. The Bertz CT molecular complexity index is 428. The molecule has 94 valence electrons. The van der Waals surface area contributed by atoms with Gasteiger partial charge in [-0.3, -0.25) is 4.79 Å². The Morgan fingerprint density at radius 3 is 2.44 bits per heavy atom. The van der Waals surface area contributed by atoms with E-state index in [9.17, 15) is 4.79 Å². The van der Waals surface area contributed by atoms with Crippen molar-refractivity contribution in [3.63, 3.8) is 0 Å². The number of hydrogen-bond donors (Lipinski definition) is 0. The maximum Gasteiger partial charge on any atom is 0.133 e. The van der Waals surface area contributed by atoms with Crippen molar-refractivity contribution in [3.05, 3.63) is 36.5 Å². The number of ketones is 1. The average Bonchev–Trinajstić information content (AvgIpc) is 2.36. The molecule has 1 heteroatoms. The second-order valence-corrected chi connectivity index (χ2v) is 3.65. The molecule has 0 aromatic carbocycles. The van der Waals surface area contributed by atoms with Crippen LogP contribution in [0.25, 0.3) is 0 Å². The van der Waals surface area contributed by atoms with E-state index < -0.39 is 0 Å². The summed E-state index contributed by atoms with van der Waals surface area (Å²) < 4.78 is 0. The summed E-state index contributed by atoms with van der Waals surface area (Å²) >= 11 is 0. The van der Waals surface area contributed by atoms with Crippen molar-refractivity contribution >= 4 is 5.78 Å². The Morgan fingerprint density at radius 1 is 1.06 bits per heavy atom. The molecule has 0 heterocycles. The molecule has 0 aliphatic heterocycles. The summed E-state index contributed by atoms with van der Waals surface area (Å²) in [6, 6.07) is 0. The molecule has 0 aromatic heterocycles. The van der Waals surface area contributed by atoms with E-state index >= 15 is 0 Å². The zero-order valence-corrected chi connectivity index (χ0v) is 11.2. The number of carbonyl (C=O) groups excluding carboxylic acids is 1. The summed E-state index contributed by atoms with van der Waals surface area (Å²) in [6.45, 7) is 3.94. The van der Waals surface area contributed by atoms with E-state index in [4.69, 9.17) is 0 Å². The van der Waals surface area contributed by atoms with Gasteiger partial charge in [-0.15, -0.1) is 0 Å². The van der Waals surface area contributed by atoms with Crippen molar-refractivity contribution in [2.24, 2.45) is 0 Å². The lowest BCUT2D eigenvalue weighted by Gasteiger charge is -1.93. The summed E-state index contributed by atoms with van der Waals surface area (Å²) in [4.78, 5) is 11.2. The van der Waals surface area contributed by atoms with E-state index in [0.29, 0.717) is 18.6 Å². The van der Waals surface area contributed by atoms with Gasteiger partial charge in [0.1, 0.15) is 5.78 Å². The monoisotopic (exact) mass is 240 g/mol. The molecule has 0 saturated heterocycles. The van der Waals surface area contributed by atoms with E-state index in [0.717, 1.165) is 12.8 Å². The molecule has 0 aliphatic carbocycles. The van der Waals surface area contributed by atoms with Gasteiger partial charge in [0.25, 0.3) is 0 Å². The Labute approximate surface area is 111 Å². The van der Waals surface area contributed by atoms with Crippen LogP contribution in [0.3, 0.4) is 0 Å². The molecule has 0 N–H and O–H groups in total. The molecular weight excluding hydrogens is 220 g/mol. The second-order valence-electron chi connectivity index (χ2n) is 3.65. The van der Waals surface area contributed by atoms with E-state index in [-0.39, 0.29) is 0 Å². The van der Waals surface area contributed by atoms with Crippen molar-refractivity contribution in [2.75, 3.05) is 0 Å². The highest BCUT2D eigenvalue weighted by molar-refractivity contribution is 5.78. The van der Waals surface area contributed by atoms with Crippen LogP contribution in [0.2, 0.25) is 0 Å². The minimum Gasteiger partial charge on any atom is -0.300 e. The average molecular weight is 240 g/mol. The van der Waals surface area contributed by atoms with Crippen LogP contribution in [-0.2, 0) is 4.79 Å². The van der Waals surface area contributed by atoms with Crippen LogP contribution in [0.5, 0.6) is 0 Å². The predicted octanol–water partition coefficient (Wildman–Crippen LogP) is 3.83. The lowest BCUT2D eigenvalue weighted by atomic mass is 10.1. The van der Waals surface area contributed by atoms with Gasteiger partial charge >= 0.3 is 0 Å². The van der Waals surface area contributed by atoms with Crippen LogP contribution in [0.1, 0.15) is 39.5 Å². The molecule has 1 nitrogen and oxygen atoms in total. The lowest BCUT2D eigenvalue weighted by Crippen LogP contribution is -1.94. The highest BCUT2D eigenvalue weighted by Gasteiger charge is 1.96. The summed E-state index contributed by atoms with van der Waals surface area (Å²) in [5.41, 5.74) is 0. The van der Waals surface area contributed by atoms with E-state index in [2.05, 4.69) is 23.7 Å². The standard InChI is InChI=1S/C17H20O/c1-3-5-6-7-8-9-10-11-12-13-14-16-17(18)15-4-2/h3,5,10-13H,4,14-16H2,1-2H3/b5-3+,11-10+,13-12+. The zero-order valence-electron chi connectivity index (χ0n) is 11.2. The minimum atomic E-state index is 0.338. The van der Waals surface area contributed by atoms with Gasteiger partial charge in [0, 0.05) is 12.8 Å². The Hall–Kier alpha value is -1.99. The summed E-state index contributed by atoms with van der Waals surface area (Å²) in [5.74, 6) is 11.3. The molecule has 0 amide bonds. The van der Waals surface area contributed by atoms with Crippen LogP contribution >= 0.6 is 0 Å². The Morgan fingerprint density at radius 2 is 1.78 bits per heavy atom. The summed E-state index contributed by atoms with van der Waals surface area (Å²) in [6.07, 6.45) is 14.2. The predicted molar refractivity (Wildman–Crippen MR) is 77.8 cm³/mol. The topological polar surface area (TPSA) is 17.1 Å². The molecule has 0 bridgehead atoms. The molecule has 0 unspecified atom stereocenters. The maximum atomic E-state index is 11.2. The fraction of sp³-hybridized carbons (Fsp3) is 0.353. The van der Waals surface area contributed by atoms with Crippen LogP contribution in [0, 0.1) is 23.7 Å². The fourth-order valence-electron chi connectivity index (χ4n) is 1.17. The van der Waals surface area contributed by atoms with E-state index in [1.165, 1.54) is 0 Å². The molecule has 0 saturated carbocycles. The van der Waals surface area contributed by atoms with Gasteiger partial charge in [0.2, 0.25) is 0 Å². The number of allylic oxidation sites excluding steroid dienone is 6. The van der Waals surface area contributed by atoms with Gasteiger partial charge in [0.15, 0.2) is 0 Å². The smallest absolute Gasteiger partial charge is 0.133 e. The highest BCUT2D eigenvalue weighted by Crippen LogP contribution is 1.98. The third-order valence-electron chi connectivity index (χ3n) is 2.00. The third kappa shape index (κ3) is 12.1. The minimum absolute atomic E-state index is 0.338. The normalized spacial score (nSPS) is 10.3. The van der Waals surface area contributed by atoms with Crippen molar-refractivity contribution in [1.29, 1.82) is 0 Å². The van der Waals surface area contributed by atoms with Crippen LogP contribution < -0.4 is 0 Å². The first-order valence-electron chi connectivity index (χ1n) is 6.26. The summed E-state index contributed by atoms with van der Waals surface area (Å²) in [5, 5.41) is 0. The van der Waals surface area contributed by atoms with Gasteiger partial charge < -0.3 is 0 Å². The molecule has 18 heavy (non-hydrogen) atoms. The first-order chi connectivity index (χ1) is 8.81. The van der Waals surface area contributed by atoms with Gasteiger partial charge in [-0.25, -0.2) is 0 Å². The first-order valence-corrected chi connectivity index (χ1v) is 6.26. The number of carbonyl (C=O) groups is 1. The molecule has 0 spiro atoms. The van der Waals surface area contributed by atoms with Gasteiger partial charge in [-0.05, 0) is 43.8 Å². The van der Waals surface area contributed by atoms with E-state index in [1.807, 2.05) is 38.2 Å². The molecule has 0 fully saturated rings. The number of Topliss-reactive ketones (excluding diaryl/α,β-unsaturated/α-hetero) is 1.